The molecule has 1 aromatic carbocycles. The molecule has 3 N–H and O–H groups in total. The summed E-state index contributed by atoms with van der Waals surface area (Å²) in [4.78, 5) is 15.3. The average molecular weight is 301 g/mol. The third-order valence-corrected chi connectivity index (χ3v) is 2.65. The lowest BCUT2D eigenvalue weighted by Gasteiger charge is -2.10. The molecule has 0 saturated carbocycles. The summed E-state index contributed by atoms with van der Waals surface area (Å²) in [5.74, 6) is 0.541. The summed E-state index contributed by atoms with van der Waals surface area (Å²) in [7, 11) is 2.68. The molecule has 0 fully saturated rings. The Bertz CT molecular complexity index is 688. The van der Waals surface area contributed by atoms with Gasteiger partial charge < -0.3 is 15.2 Å². The first kappa shape index (κ1) is 15.2. The molecule has 0 aliphatic carbocycles. The van der Waals surface area contributed by atoms with Crippen molar-refractivity contribution >= 4 is 29.1 Å². The van der Waals surface area contributed by atoms with Crippen molar-refractivity contribution in [2.45, 2.75) is 0 Å². The highest BCUT2D eigenvalue weighted by Crippen LogP contribution is 2.32. The van der Waals surface area contributed by atoms with Crippen LogP contribution in [-0.4, -0.2) is 25.3 Å². The number of methoxy groups -OCH3 is 2. The lowest BCUT2D eigenvalue weighted by molar-refractivity contribution is 0.186. The van der Waals surface area contributed by atoms with Crippen molar-refractivity contribution in [1.82, 2.24) is 4.98 Å². The summed E-state index contributed by atoms with van der Waals surface area (Å²) in [6, 6.07) is 10.7. The number of nitrogens with one attached hydrogen (secondary N) is 1. The smallest absolute Gasteiger partial charge is 0.412 e. The highest BCUT2D eigenvalue weighted by atomic mass is 16.5. The molecule has 0 aliphatic heterocycles. The Morgan fingerprint density at radius 1 is 1.23 bits per heavy atom. The van der Waals surface area contributed by atoms with Crippen LogP contribution in [0.15, 0.2) is 46.6 Å². The molecule has 1 aromatic heterocycles. The fourth-order valence-electron chi connectivity index (χ4n) is 1.58. The zero-order valence-corrected chi connectivity index (χ0v) is 12.1. The standard InChI is InChI=1S/C14H15N5O3/c1-21-11-8-10(19-18-9-6-4-3-5-7-9)12(15)16-13(11)17-14(20)22-2/h3-8H,1-2H3,(H3,15,16,17,20)/b19-18+. The van der Waals surface area contributed by atoms with Gasteiger partial charge in [-0.15, -0.1) is 5.11 Å². The number of hydrogen-bond donors (Lipinski definition) is 2. The molecule has 2 aromatic rings. The zero-order valence-electron chi connectivity index (χ0n) is 12.1. The third kappa shape index (κ3) is 3.69. The highest BCUT2D eigenvalue weighted by Gasteiger charge is 2.13. The zero-order chi connectivity index (χ0) is 15.9. The minimum atomic E-state index is -0.677. The Labute approximate surface area is 127 Å². The molecule has 0 saturated heterocycles. The normalized spacial score (nSPS) is 10.5. The predicted octanol–water partition coefficient (Wildman–Crippen LogP) is 3.27. The molecule has 1 heterocycles. The third-order valence-electron chi connectivity index (χ3n) is 2.65. The number of azo groups is 1. The Balaban J connectivity index is 2.30. The van der Waals surface area contributed by atoms with Crippen LogP contribution in [0, 0.1) is 0 Å². The molecule has 1 amide bonds. The Morgan fingerprint density at radius 2 is 1.95 bits per heavy atom. The first-order chi connectivity index (χ1) is 10.6. The van der Waals surface area contributed by atoms with Gasteiger partial charge in [-0.3, -0.25) is 5.32 Å². The number of benzene rings is 1. The Morgan fingerprint density at radius 3 is 2.59 bits per heavy atom. The summed E-state index contributed by atoms with van der Waals surface area (Å²) in [6.45, 7) is 0. The van der Waals surface area contributed by atoms with E-state index in [1.807, 2.05) is 18.2 Å². The first-order valence-corrected chi connectivity index (χ1v) is 6.30. The second-order valence-corrected chi connectivity index (χ2v) is 4.10. The van der Waals surface area contributed by atoms with Crippen LogP contribution >= 0.6 is 0 Å². The van der Waals surface area contributed by atoms with Gasteiger partial charge in [-0.25, -0.2) is 9.78 Å². The van der Waals surface area contributed by atoms with Crippen LogP contribution in [0.3, 0.4) is 0 Å². The van der Waals surface area contributed by atoms with Gasteiger partial charge in [-0.1, -0.05) is 18.2 Å². The van der Waals surface area contributed by atoms with E-state index in [1.54, 1.807) is 12.1 Å². The molecule has 8 heteroatoms. The maximum Gasteiger partial charge on any atom is 0.412 e. The van der Waals surface area contributed by atoms with E-state index in [1.165, 1.54) is 20.3 Å². The number of nitrogen functional groups attached to an aromatic ring is 1. The number of amides is 1. The van der Waals surface area contributed by atoms with Crippen molar-refractivity contribution in [3.8, 4) is 5.75 Å². The van der Waals surface area contributed by atoms with E-state index >= 15 is 0 Å². The minimum Gasteiger partial charge on any atom is -0.493 e. The molecule has 0 atom stereocenters. The van der Waals surface area contributed by atoms with Gasteiger partial charge in [0, 0.05) is 6.07 Å². The summed E-state index contributed by atoms with van der Waals surface area (Å²) in [5, 5.41) is 10.5. The van der Waals surface area contributed by atoms with Crippen molar-refractivity contribution < 1.29 is 14.3 Å². The molecular weight excluding hydrogens is 286 g/mol. The number of anilines is 2. The number of hydrogen-bond acceptors (Lipinski definition) is 7. The number of nitrogens with two attached hydrogens (primary N) is 1. The average Bonchev–Trinajstić information content (AvgIpc) is 2.55. The van der Waals surface area contributed by atoms with E-state index in [9.17, 15) is 4.79 Å². The number of aromatic nitrogens is 1. The number of pyridine rings is 1. The van der Waals surface area contributed by atoms with Crippen LogP contribution in [0.2, 0.25) is 0 Å². The van der Waals surface area contributed by atoms with Gasteiger partial charge in [-0.05, 0) is 12.1 Å². The molecule has 114 valence electrons. The van der Waals surface area contributed by atoms with E-state index in [2.05, 4.69) is 25.3 Å². The van der Waals surface area contributed by atoms with Gasteiger partial charge in [0.1, 0.15) is 5.69 Å². The molecule has 0 bridgehead atoms. The second-order valence-electron chi connectivity index (χ2n) is 4.10. The molecule has 0 spiro atoms. The van der Waals surface area contributed by atoms with Crippen LogP contribution in [0.1, 0.15) is 0 Å². The predicted molar refractivity (Wildman–Crippen MR) is 81.8 cm³/mol. The maximum atomic E-state index is 11.2. The first-order valence-electron chi connectivity index (χ1n) is 6.30. The van der Waals surface area contributed by atoms with Crippen LogP contribution in [0.4, 0.5) is 27.8 Å². The lowest BCUT2D eigenvalue weighted by atomic mass is 10.3. The molecule has 2 rings (SSSR count). The lowest BCUT2D eigenvalue weighted by Crippen LogP contribution is -2.13. The van der Waals surface area contributed by atoms with Crippen LogP contribution in [-0.2, 0) is 4.74 Å². The fraction of sp³-hybridized carbons (Fsp3) is 0.143. The van der Waals surface area contributed by atoms with Crippen LogP contribution in [0.25, 0.3) is 0 Å². The summed E-state index contributed by atoms with van der Waals surface area (Å²) in [6.07, 6.45) is -0.677. The van der Waals surface area contributed by atoms with Crippen molar-refractivity contribution in [2.24, 2.45) is 10.2 Å². The number of rotatable bonds is 4. The number of carbonyl (C=O) groups is 1. The van der Waals surface area contributed by atoms with Crippen molar-refractivity contribution in [3.63, 3.8) is 0 Å². The van der Waals surface area contributed by atoms with E-state index in [4.69, 9.17) is 10.5 Å². The van der Waals surface area contributed by atoms with Gasteiger partial charge >= 0.3 is 6.09 Å². The van der Waals surface area contributed by atoms with Gasteiger partial charge in [0.2, 0.25) is 0 Å². The van der Waals surface area contributed by atoms with Gasteiger partial charge in [0.15, 0.2) is 17.4 Å². The van der Waals surface area contributed by atoms with Crippen LogP contribution in [0.5, 0.6) is 5.75 Å². The van der Waals surface area contributed by atoms with Gasteiger partial charge in [0.05, 0.1) is 19.9 Å². The number of carbonyl (C=O) groups excluding carboxylic acids is 1. The number of nitrogens with zero attached hydrogens (tertiary/aromatic N) is 3. The summed E-state index contributed by atoms with van der Waals surface area (Å²) >= 11 is 0. The van der Waals surface area contributed by atoms with E-state index in [-0.39, 0.29) is 11.6 Å². The summed E-state index contributed by atoms with van der Waals surface area (Å²) < 4.78 is 9.65. The molecular formula is C14H15N5O3. The minimum absolute atomic E-state index is 0.104. The SMILES string of the molecule is COC(=O)Nc1nc(N)c(/N=N/c2ccccc2)cc1OC. The van der Waals surface area contributed by atoms with Crippen molar-refractivity contribution in [2.75, 3.05) is 25.3 Å². The quantitative estimate of drug-likeness (QED) is 0.842. The number of ether oxygens (including phenoxy) is 2. The molecule has 8 nitrogen and oxygen atoms in total. The molecule has 22 heavy (non-hydrogen) atoms. The largest absolute Gasteiger partial charge is 0.493 e. The second kappa shape index (κ2) is 7.02. The Hall–Kier alpha value is -3.16. The van der Waals surface area contributed by atoms with E-state index < -0.39 is 6.09 Å². The van der Waals surface area contributed by atoms with Crippen LogP contribution < -0.4 is 15.8 Å². The maximum absolute atomic E-state index is 11.2. The van der Waals surface area contributed by atoms with Gasteiger partial charge in [-0.2, -0.15) is 5.11 Å². The topological polar surface area (TPSA) is 111 Å². The summed E-state index contributed by atoms with van der Waals surface area (Å²) in [5.41, 5.74) is 6.82. The van der Waals surface area contributed by atoms with Gasteiger partial charge in [0.25, 0.3) is 0 Å². The van der Waals surface area contributed by atoms with E-state index in [0.29, 0.717) is 17.1 Å². The highest BCUT2D eigenvalue weighted by molar-refractivity contribution is 5.86. The molecule has 0 aliphatic rings. The molecule has 0 unspecified atom stereocenters. The van der Waals surface area contributed by atoms with Crippen molar-refractivity contribution in [3.05, 3.63) is 36.4 Å². The molecule has 0 radical (unpaired) electrons. The Kier molecular flexibility index (Phi) is 4.86. The fourth-order valence-corrected chi connectivity index (χ4v) is 1.58. The van der Waals surface area contributed by atoms with Crippen molar-refractivity contribution in [1.29, 1.82) is 0 Å². The van der Waals surface area contributed by atoms with E-state index in [0.717, 1.165) is 0 Å². The monoisotopic (exact) mass is 301 g/mol.